The van der Waals surface area contributed by atoms with E-state index >= 15 is 0 Å². The second-order valence-electron chi connectivity index (χ2n) is 5.25. The molecule has 1 N–H and O–H groups in total. The van der Waals surface area contributed by atoms with E-state index < -0.39 is 0 Å². The van der Waals surface area contributed by atoms with Crippen LogP contribution in [0.15, 0.2) is 6.07 Å². The summed E-state index contributed by atoms with van der Waals surface area (Å²) in [6.45, 7) is 6.00. The molecule has 1 aromatic rings. The van der Waals surface area contributed by atoms with Gasteiger partial charge in [-0.3, -0.25) is 4.79 Å². The van der Waals surface area contributed by atoms with Gasteiger partial charge in [-0.1, -0.05) is 20.3 Å². The molecule has 1 atom stereocenters. The molecular formula is C15H23NO2S. The van der Waals surface area contributed by atoms with Crippen LogP contribution in [0.3, 0.4) is 0 Å². The Morgan fingerprint density at radius 2 is 2.32 bits per heavy atom. The summed E-state index contributed by atoms with van der Waals surface area (Å²) in [4.78, 5) is 16.6. The maximum atomic E-state index is 12.4. The van der Waals surface area contributed by atoms with Crippen molar-refractivity contribution in [2.24, 2.45) is 5.92 Å². The Bertz CT molecular complexity index is 441. The summed E-state index contributed by atoms with van der Waals surface area (Å²) in [5, 5.41) is 9.16. The quantitative estimate of drug-likeness (QED) is 0.901. The van der Waals surface area contributed by atoms with Crippen molar-refractivity contribution in [3.8, 4) is 0 Å². The van der Waals surface area contributed by atoms with E-state index in [9.17, 15) is 4.79 Å². The molecule has 1 saturated heterocycles. The summed E-state index contributed by atoms with van der Waals surface area (Å²) < 4.78 is 0. The van der Waals surface area contributed by atoms with Gasteiger partial charge < -0.3 is 10.0 Å². The number of rotatable bonds is 5. The van der Waals surface area contributed by atoms with Gasteiger partial charge in [-0.15, -0.1) is 11.3 Å². The van der Waals surface area contributed by atoms with Crippen LogP contribution >= 0.6 is 11.3 Å². The Morgan fingerprint density at radius 3 is 2.89 bits per heavy atom. The molecule has 0 aromatic carbocycles. The minimum Gasteiger partial charge on any atom is -0.396 e. The highest BCUT2D eigenvalue weighted by molar-refractivity contribution is 7.14. The van der Waals surface area contributed by atoms with Crippen LogP contribution in [0.2, 0.25) is 0 Å². The normalized spacial score (nSPS) is 19.1. The van der Waals surface area contributed by atoms with E-state index in [0.717, 1.165) is 37.1 Å². The fourth-order valence-corrected chi connectivity index (χ4v) is 3.96. The fourth-order valence-electron chi connectivity index (χ4n) is 2.63. The molecule has 4 heteroatoms. The summed E-state index contributed by atoms with van der Waals surface area (Å²) in [5.41, 5.74) is 1.33. The standard InChI is InChI=1S/C15H23NO2S/c1-3-5-13-12(4-2)8-14(19-13)15(18)16-7-6-11(9-16)10-17/h8,11,17H,3-7,9-10H2,1-2H3. The third-order valence-corrected chi connectivity index (χ3v) is 5.02. The first-order valence-corrected chi connectivity index (χ1v) is 8.02. The molecule has 2 rings (SSSR count). The Labute approximate surface area is 119 Å². The van der Waals surface area contributed by atoms with Gasteiger partial charge in [0.2, 0.25) is 0 Å². The topological polar surface area (TPSA) is 40.5 Å². The first kappa shape index (κ1) is 14.5. The van der Waals surface area contributed by atoms with Crippen LogP contribution in [0, 0.1) is 5.92 Å². The smallest absolute Gasteiger partial charge is 0.263 e. The molecule has 1 amide bonds. The van der Waals surface area contributed by atoms with Crippen LogP contribution in [-0.4, -0.2) is 35.6 Å². The summed E-state index contributed by atoms with van der Waals surface area (Å²) >= 11 is 1.66. The monoisotopic (exact) mass is 281 g/mol. The SMILES string of the molecule is CCCc1sc(C(=O)N2CCC(CO)C2)cc1CC. The van der Waals surface area contributed by atoms with Gasteiger partial charge >= 0.3 is 0 Å². The van der Waals surface area contributed by atoms with Crippen LogP contribution < -0.4 is 0 Å². The minimum atomic E-state index is 0.151. The highest BCUT2D eigenvalue weighted by atomic mass is 32.1. The number of likely N-dealkylation sites (tertiary alicyclic amines) is 1. The van der Waals surface area contributed by atoms with Gasteiger partial charge in [0.1, 0.15) is 0 Å². The number of nitrogens with zero attached hydrogens (tertiary/aromatic N) is 1. The molecule has 0 radical (unpaired) electrons. The van der Waals surface area contributed by atoms with Gasteiger partial charge in [-0.2, -0.15) is 0 Å². The third-order valence-electron chi connectivity index (χ3n) is 3.80. The van der Waals surface area contributed by atoms with E-state index in [1.54, 1.807) is 11.3 Å². The minimum absolute atomic E-state index is 0.151. The average molecular weight is 281 g/mol. The molecule has 0 bridgehead atoms. The molecule has 1 aliphatic heterocycles. The fraction of sp³-hybridized carbons (Fsp3) is 0.667. The van der Waals surface area contributed by atoms with Crippen molar-refractivity contribution < 1.29 is 9.90 Å². The Kier molecular flexibility index (Phi) is 4.99. The number of thiophene rings is 1. The average Bonchev–Trinajstić information content (AvgIpc) is 3.04. The summed E-state index contributed by atoms with van der Waals surface area (Å²) in [7, 11) is 0. The van der Waals surface area contributed by atoms with E-state index in [4.69, 9.17) is 5.11 Å². The van der Waals surface area contributed by atoms with Gasteiger partial charge in [-0.25, -0.2) is 0 Å². The second kappa shape index (κ2) is 6.53. The van der Waals surface area contributed by atoms with E-state index in [2.05, 4.69) is 19.9 Å². The first-order valence-electron chi connectivity index (χ1n) is 7.21. The van der Waals surface area contributed by atoms with Crippen molar-refractivity contribution in [2.45, 2.75) is 39.5 Å². The van der Waals surface area contributed by atoms with Crippen LogP contribution in [-0.2, 0) is 12.8 Å². The van der Waals surface area contributed by atoms with Crippen molar-refractivity contribution in [2.75, 3.05) is 19.7 Å². The van der Waals surface area contributed by atoms with Crippen molar-refractivity contribution in [1.82, 2.24) is 4.90 Å². The van der Waals surface area contributed by atoms with E-state index in [-0.39, 0.29) is 18.4 Å². The Balaban J connectivity index is 2.11. The molecule has 0 aliphatic carbocycles. The lowest BCUT2D eigenvalue weighted by Gasteiger charge is -2.14. The second-order valence-corrected chi connectivity index (χ2v) is 6.39. The van der Waals surface area contributed by atoms with Gasteiger partial charge in [-0.05, 0) is 30.9 Å². The molecule has 19 heavy (non-hydrogen) atoms. The number of aryl methyl sites for hydroxylation is 2. The lowest BCUT2D eigenvalue weighted by atomic mass is 10.1. The zero-order valence-electron chi connectivity index (χ0n) is 11.8. The number of aliphatic hydroxyl groups is 1. The molecule has 1 unspecified atom stereocenters. The molecule has 0 spiro atoms. The molecule has 1 fully saturated rings. The molecule has 1 aromatic heterocycles. The summed E-state index contributed by atoms with van der Waals surface area (Å²) in [5.74, 6) is 0.419. The number of aliphatic hydroxyl groups excluding tert-OH is 1. The largest absolute Gasteiger partial charge is 0.396 e. The number of hydrogen-bond acceptors (Lipinski definition) is 3. The molecule has 3 nitrogen and oxygen atoms in total. The van der Waals surface area contributed by atoms with Crippen LogP contribution in [0.1, 0.15) is 46.8 Å². The molecule has 106 valence electrons. The van der Waals surface area contributed by atoms with E-state index in [0.29, 0.717) is 6.54 Å². The zero-order chi connectivity index (χ0) is 13.8. The predicted molar refractivity (Wildman–Crippen MR) is 78.8 cm³/mol. The van der Waals surface area contributed by atoms with E-state index in [1.165, 1.54) is 10.4 Å². The molecular weight excluding hydrogens is 258 g/mol. The van der Waals surface area contributed by atoms with Crippen molar-refractivity contribution in [3.63, 3.8) is 0 Å². The molecule has 1 aliphatic rings. The Hall–Kier alpha value is -0.870. The maximum Gasteiger partial charge on any atom is 0.263 e. The number of carbonyl (C=O) groups is 1. The lowest BCUT2D eigenvalue weighted by Crippen LogP contribution is -2.28. The molecule has 0 saturated carbocycles. The van der Waals surface area contributed by atoms with Crippen LogP contribution in [0.5, 0.6) is 0 Å². The van der Waals surface area contributed by atoms with Crippen LogP contribution in [0.25, 0.3) is 0 Å². The summed E-state index contributed by atoms with van der Waals surface area (Å²) in [6.07, 6.45) is 4.12. The lowest BCUT2D eigenvalue weighted by molar-refractivity contribution is 0.0786. The molecule has 2 heterocycles. The maximum absolute atomic E-state index is 12.4. The van der Waals surface area contributed by atoms with Gasteiger partial charge in [0.15, 0.2) is 0 Å². The van der Waals surface area contributed by atoms with Crippen LogP contribution in [0.4, 0.5) is 0 Å². The number of carbonyl (C=O) groups excluding carboxylic acids is 1. The highest BCUT2D eigenvalue weighted by Crippen LogP contribution is 2.27. The van der Waals surface area contributed by atoms with Gasteiger partial charge in [0.05, 0.1) is 4.88 Å². The Morgan fingerprint density at radius 1 is 1.53 bits per heavy atom. The number of amides is 1. The first-order chi connectivity index (χ1) is 9.19. The van der Waals surface area contributed by atoms with Gasteiger partial charge in [0.25, 0.3) is 5.91 Å². The van der Waals surface area contributed by atoms with Crippen molar-refractivity contribution in [1.29, 1.82) is 0 Å². The zero-order valence-corrected chi connectivity index (χ0v) is 12.6. The predicted octanol–water partition coefficient (Wildman–Crippen LogP) is 2.72. The van der Waals surface area contributed by atoms with Crippen molar-refractivity contribution >= 4 is 17.2 Å². The van der Waals surface area contributed by atoms with Crippen molar-refractivity contribution in [3.05, 3.63) is 21.4 Å². The van der Waals surface area contributed by atoms with E-state index in [1.807, 2.05) is 4.90 Å². The number of hydrogen-bond donors (Lipinski definition) is 1. The summed E-state index contributed by atoms with van der Waals surface area (Å²) in [6, 6.07) is 2.07. The third kappa shape index (κ3) is 3.18. The van der Waals surface area contributed by atoms with Gasteiger partial charge in [0, 0.05) is 30.5 Å². The highest BCUT2D eigenvalue weighted by Gasteiger charge is 2.27.